The van der Waals surface area contributed by atoms with Crippen molar-refractivity contribution >= 4 is 125 Å². The largest absolute Gasteiger partial charge is 0.375 e. The van der Waals surface area contributed by atoms with E-state index in [1.165, 1.54) is 124 Å². The van der Waals surface area contributed by atoms with E-state index in [2.05, 4.69) is 149 Å². The second kappa shape index (κ2) is 8.19. The molecule has 0 amide bonds. The van der Waals surface area contributed by atoms with Crippen molar-refractivity contribution in [1.29, 1.82) is 0 Å². The van der Waals surface area contributed by atoms with Crippen molar-refractivity contribution in [1.82, 2.24) is 9.05 Å². The zero-order valence-electron chi connectivity index (χ0n) is 26.7. The Morgan fingerprint density at radius 2 is 1.20 bits per heavy atom. The number of nitrogens with zero attached hydrogens (tertiary/aromatic N) is 2. The number of hydrogen-bond donors (Lipinski definition) is 0. The van der Waals surface area contributed by atoms with Crippen molar-refractivity contribution in [2.45, 2.75) is 0 Å². The maximum absolute atomic E-state index is 2.73. The summed E-state index contributed by atoms with van der Waals surface area (Å²) in [6.45, 7) is 0.0316. The highest BCUT2D eigenvalue weighted by atomic mass is 32.1. The Labute approximate surface area is 289 Å². The van der Waals surface area contributed by atoms with E-state index in [0.717, 1.165) is 0 Å². The molecule has 2 nitrogen and oxygen atoms in total. The van der Waals surface area contributed by atoms with Crippen molar-refractivity contribution in [3.8, 4) is 16.8 Å². The molecule has 0 fully saturated rings. The smallest absolute Gasteiger partial charge is 0.333 e. The van der Waals surface area contributed by atoms with Crippen LogP contribution in [-0.4, -0.2) is 15.9 Å². The summed E-state index contributed by atoms with van der Waals surface area (Å²) in [5, 5.41) is 16.1. The van der Waals surface area contributed by atoms with Gasteiger partial charge in [0.05, 0.1) is 16.7 Å². The molecule has 0 bridgehead atoms. The van der Waals surface area contributed by atoms with E-state index in [1.54, 1.807) is 0 Å². The summed E-state index contributed by atoms with van der Waals surface area (Å²) < 4.78 is 8.10. The van der Waals surface area contributed by atoms with Gasteiger partial charge in [-0.25, -0.2) is 0 Å². The lowest BCUT2D eigenvalue weighted by molar-refractivity contribution is 1.19. The van der Waals surface area contributed by atoms with E-state index >= 15 is 0 Å². The standard InChI is InChI=1S/C46H23BN2S/c1-4-16-35-26(11-1)28-14-8-15-34-43(28)48(35)45-31-22-20-25-10-7-9-24-19-21-30(39(31)38(24)25)40-33-23-32-27-12-3-6-18-37(27)50-46(32)41-29-13-2-5-17-36(29)49(44(33)41)47(34)42(40)45/h1-23H. The average Bonchev–Trinajstić information content (AvgIpc) is 3.83. The third-order valence-corrected chi connectivity index (χ3v) is 13.4. The van der Waals surface area contributed by atoms with Crippen molar-refractivity contribution in [2.24, 2.45) is 0 Å². The van der Waals surface area contributed by atoms with Gasteiger partial charge in [-0.15, -0.1) is 11.3 Å². The Balaban J connectivity index is 1.35. The van der Waals surface area contributed by atoms with Crippen molar-refractivity contribution < 1.29 is 0 Å². The molecule has 0 radical (unpaired) electrons. The fourth-order valence-electron chi connectivity index (χ4n) is 10.4. The average molecular weight is 647 g/mol. The minimum atomic E-state index is 0.0316. The number of fused-ring (bicyclic) bond motifs is 16. The Bertz CT molecular complexity index is 3540. The SMILES string of the molecule is c1cc2ccc3c4c5c(c6ccc(c1)c2c36)-n1c2ccccc2c2cccc(c21)B5n1c2ccccc2c2c3sc5ccccc5c3cc-4c21. The number of thiophene rings is 1. The fraction of sp³-hybridized carbons (Fsp3) is 0. The summed E-state index contributed by atoms with van der Waals surface area (Å²) in [5.74, 6) is 0. The predicted molar refractivity (Wildman–Crippen MR) is 216 cm³/mol. The quantitative estimate of drug-likeness (QED) is 0.115. The van der Waals surface area contributed by atoms with E-state index in [0.29, 0.717) is 0 Å². The Morgan fingerprint density at radius 3 is 2.08 bits per heavy atom. The summed E-state index contributed by atoms with van der Waals surface area (Å²) in [4.78, 5) is 0. The van der Waals surface area contributed by atoms with Gasteiger partial charge in [0, 0.05) is 69.1 Å². The normalized spacial score (nSPS) is 13.6. The van der Waals surface area contributed by atoms with Crippen LogP contribution in [-0.2, 0) is 0 Å². The lowest BCUT2D eigenvalue weighted by Gasteiger charge is -2.36. The third kappa shape index (κ3) is 2.58. The van der Waals surface area contributed by atoms with Crippen LogP contribution in [0.3, 0.4) is 0 Å². The number of hydrogen-bond acceptors (Lipinski definition) is 1. The summed E-state index contributed by atoms with van der Waals surface area (Å²) in [5.41, 5.74) is 12.2. The minimum absolute atomic E-state index is 0.0316. The van der Waals surface area contributed by atoms with E-state index < -0.39 is 0 Å². The molecule has 12 aromatic rings. The van der Waals surface area contributed by atoms with Crippen LogP contribution >= 0.6 is 11.3 Å². The summed E-state index contributed by atoms with van der Waals surface area (Å²) >= 11 is 1.95. The second-order valence-corrected chi connectivity index (χ2v) is 15.4. The lowest BCUT2D eigenvalue weighted by atomic mass is 9.45. The van der Waals surface area contributed by atoms with Gasteiger partial charge in [-0.05, 0) is 62.3 Å². The van der Waals surface area contributed by atoms with Crippen LogP contribution in [0.25, 0.3) is 113 Å². The number of aromatic nitrogens is 2. The zero-order chi connectivity index (χ0) is 32.0. The van der Waals surface area contributed by atoms with Crippen LogP contribution in [0.2, 0.25) is 0 Å². The molecule has 0 aliphatic carbocycles. The molecule has 0 spiro atoms. The van der Waals surface area contributed by atoms with Gasteiger partial charge >= 0.3 is 6.85 Å². The van der Waals surface area contributed by atoms with E-state index in [9.17, 15) is 0 Å². The molecule has 5 heterocycles. The molecular weight excluding hydrogens is 623 g/mol. The van der Waals surface area contributed by atoms with Gasteiger partial charge in [0.1, 0.15) is 0 Å². The molecule has 0 saturated carbocycles. The Hall–Kier alpha value is -6.10. The maximum Gasteiger partial charge on any atom is 0.333 e. The molecular formula is C46H23BN2S. The molecule has 9 aromatic carbocycles. The van der Waals surface area contributed by atoms with E-state index in [1.807, 2.05) is 11.3 Å². The van der Waals surface area contributed by atoms with Crippen LogP contribution in [0, 0.1) is 0 Å². The first-order valence-corrected chi connectivity index (χ1v) is 18.3. The molecule has 0 N–H and O–H groups in total. The summed E-state index contributed by atoms with van der Waals surface area (Å²) in [6, 6.07) is 53.1. The Morgan fingerprint density at radius 1 is 0.480 bits per heavy atom. The second-order valence-electron chi connectivity index (χ2n) is 14.3. The first-order valence-electron chi connectivity index (χ1n) is 17.5. The number of para-hydroxylation sites is 3. The van der Waals surface area contributed by atoms with Gasteiger partial charge in [0.2, 0.25) is 0 Å². The Kier molecular flexibility index (Phi) is 4.09. The summed E-state index contributed by atoms with van der Waals surface area (Å²) in [7, 11) is 0. The highest BCUT2D eigenvalue weighted by Gasteiger charge is 2.43. The molecule has 0 saturated heterocycles. The monoisotopic (exact) mass is 646 g/mol. The first kappa shape index (κ1) is 25.0. The highest BCUT2D eigenvalue weighted by Crippen LogP contribution is 2.52. The van der Waals surface area contributed by atoms with Crippen LogP contribution in [0.15, 0.2) is 140 Å². The van der Waals surface area contributed by atoms with Crippen LogP contribution in [0.4, 0.5) is 0 Å². The number of benzene rings is 9. The first-order chi connectivity index (χ1) is 24.8. The highest BCUT2D eigenvalue weighted by molar-refractivity contribution is 7.26. The molecule has 4 heteroatoms. The third-order valence-electron chi connectivity index (χ3n) is 12.2. The van der Waals surface area contributed by atoms with Crippen LogP contribution in [0.1, 0.15) is 0 Å². The van der Waals surface area contributed by atoms with Gasteiger partial charge in [0.15, 0.2) is 0 Å². The van der Waals surface area contributed by atoms with Crippen molar-refractivity contribution in [3.63, 3.8) is 0 Å². The molecule has 2 aliphatic heterocycles. The van der Waals surface area contributed by atoms with E-state index in [4.69, 9.17) is 0 Å². The molecule has 226 valence electrons. The topological polar surface area (TPSA) is 9.86 Å². The van der Waals surface area contributed by atoms with Gasteiger partial charge in [-0.3, -0.25) is 0 Å². The molecule has 2 aliphatic rings. The molecule has 50 heavy (non-hydrogen) atoms. The van der Waals surface area contributed by atoms with Gasteiger partial charge in [-0.1, -0.05) is 115 Å². The van der Waals surface area contributed by atoms with Crippen LogP contribution in [0.5, 0.6) is 0 Å². The van der Waals surface area contributed by atoms with Gasteiger partial charge in [-0.2, -0.15) is 0 Å². The molecule has 3 aromatic heterocycles. The lowest BCUT2D eigenvalue weighted by Crippen LogP contribution is -2.55. The van der Waals surface area contributed by atoms with Gasteiger partial charge < -0.3 is 9.05 Å². The maximum atomic E-state index is 2.73. The zero-order valence-corrected chi connectivity index (χ0v) is 27.5. The van der Waals surface area contributed by atoms with E-state index in [-0.39, 0.29) is 6.85 Å². The predicted octanol–water partition coefficient (Wildman–Crippen LogP) is 11.1. The summed E-state index contributed by atoms with van der Waals surface area (Å²) in [6.07, 6.45) is 0. The van der Waals surface area contributed by atoms with Crippen LogP contribution < -0.4 is 10.9 Å². The fourth-order valence-corrected chi connectivity index (χ4v) is 11.7. The van der Waals surface area contributed by atoms with Crippen molar-refractivity contribution in [2.75, 3.05) is 0 Å². The van der Waals surface area contributed by atoms with Gasteiger partial charge in [0.25, 0.3) is 0 Å². The molecule has 0 unspecified atom stereocenters. The van der Waals surface area contributed by atoms with Crippen molar-refractivity contribution in [3.05, 3.63) is 140 Å². The number of rotatable bonds is 0. The molecule has 0 atom stereocenters. The minimum Gasteiger partial charge on any atom is -0.375 e. The molecule has 14 rings (SSSR count).